The molecular weight excluding hydrogens is 500 g/mol. The van der Waals surface area contributed by atoms with Crippen LogP contribution in [-0.4, -0.2) is 53.9 Å². The quantitative estimate of drug-likeness (QED) is 0.461. The molecule has 0 spiro atoms. The summed E-state index contributed by atoms with van der Waals surface area (Å²) in [5, 5.41) is 2.37. The summed E-state index contributed by atoms with van der Waals surface area (Å²) in [5.74, 6) is -5.29. The van der Waals surface area contributed by atoms with Crippen molar-refractivity contribution >= 4 is 17.6 Å². The van der Waals surface area contributed by atoms with Crippen molar-refractivity contribution in [3.05, 3.63) is 47.4 Å². The van der Waals surface area contributed by atoms with Crippen LogP contribution in [0.15, 0.2) is 30.5 Å². The number of esters is 1. The van der Waals surface area contributed by atoms with Crippen molar-refractivity contribution in [2.24, 2.45) is 5.92 Å². The Balaban J connectivity index is 2.06. The van der Waals surface area contributed by atoms with Crippen LogP contribution in [0.25, 0.3) is 0 Å². The summed E-state index contributed by atoms with van der Waals surface area (Å²) in [6.07, 6.45) is -10.4. The average molecular weight is 521 g/mol. The molecule has 3 rings (SSSR count). The van der Waals surface area contributed by atoms with Crippen LogP contribution in [0.4, 0.5) is 32.0 Å². The molecule has 1 N–H and O–H groups in total. The van der Waals surface area contributed by atoms with Crippen LogP contribution >= 0.6 is 0 Å². The number of ether oxygens (including phenoxy) is 3. The first-order chi connectivity index (χ1) is 16.6. The molecule has 1 saturated heterocycles. The predicted octanol–water partition coefficient (Wildman–Crippen LogP) is 4.37. The van der Waals surface area contributed by atoms with Gasteiger partial charge in [0.25, 0.3) is 5.91 Å². The Bertz CT molecular complexity index is 1160. The standard InChI is InChI=1S/C22H21F6N3O5/c1-10-15(12-5-6-14(21(23,24)25)31-18(12)34-3)16(36-20(10,2)22(26,27)28)17(32)30-11-7-8-29-13(9-11)19(33)35-4/h5-10,15-16H,1-4H3,(H,29,30,32)/t10-,15-,16+,20+/m0/s1. The first kappa shape index (κ1) is 27.2. The lowest BCUT2D eigenvalue weighted by Crippen LogP contribution is -2.47. The molecule has 0 saturated carbocycles. The zero-order chi connectivity index (χ0) is 27.1. The highest BCUT2D eigenvalue weighted by molar-refractivity contribution is 5.96. The van der Waals surface area contributed by atoms with E-state index in [0.717, 1.165) is 33.3 Å². The Kier molecular flexibility index (Phi) is 7.22. The number of hydrogen-bond acceptors (Lipinski definition) is 7. The number of nitrogens with one attached hydrogen (secondary N) is 1. The summed E-state index contributed by atoms with van der Waals surface area (Å²) in [6, 6.07) is 3.93. The van der Waals surface area contributed by atoms with Gasteiger partial charge in [0.15, 0.2) is 5.60 Å². The summed E-state index contributed by atoms with van der Waals surface area (Å²) >= 11 is 0. The molecule has 4 atom stereocenters. The van der Waals surface area contributed by atoms with E-state index in [9.17, 15) is 35.9 Å². The van der Waals surface area contributed by atoms with Gasteiger partial charge in [-0.15, -0.1) is 0 Å². The molecule has 8 nitrogen and oxygen atoms in total. The fourth-order valence-corrected chi connectivity index (χ4v) is 3.99. The molecule has 36 heavy (non-hydrogen) atoms. The normalized spacial score (nSPS) is 24.3. The van der Waals surface area contributed by atoms with Gasteiger partial charge in [-0.05, 0) is 25.1 Å². The minimum absolute atomic E-state index is 0.00326. The highest BCUT2D eigenvalue weighted by Crippen LogP contribution is 2.54. The second-order valence-corrected chi connectivity index (χ2v) is 8.16. The lowest BCUT2D eigenvalue weighted by atomic mass is 9.77. The van der Waals surface area contributed by atoms with Crippen LogP contribution in [0.2, 0.25) is 0 Å². The van der Waals surface area contributed by atoms with Crippen molar-refractivity contribution in [1.29, 1.82) is 0 Å². The van der Waals surface area contributed by atoms with Crippen LogP contribution in [0.5, 0.6) is 5.88 Å². The topological polar surface area (TPSA) is 99.6 Å². The molecule has 2 aromatic rings. The van der Waals surface area contributed by atoms with E-state index in [1.165, 1.54) is 19.2 Å². The molecule has 0 unspecified atom stereocenters. The van der Waals surface area contributed by atoms with E-state index in [4.69, 9.17) is 9.47 Å². The monoisotopic (exact) mass is 521 g/mol. The molecule has 1 aliphatic rings. The van der Waals surface area contributed by atoms with Crippen LogP contribution in [0, 0.1) is 5.92 Å². The van der Waals surface area contributed by atoms with Gasteiger partial charge in [0.1, 0.15) is 17.5 Å². The summed E-state index contributed by atoms with van der Waals surface area (Å²) in [4.78, 5) is 32.0. The van der Waals surface area contributed by atoms with Gasteiger partial charge in [0.2, 0.25) is 5.88 Å². The molecule has 14 heteroatoms. The fourth-order valence-electron chi connectivity index (χ4n) is 3.99. The zero-order valence-electron chi connectivity index (χ0n) is 19.3. The Morgan fingerprint density at radius 2 is 1.78 bits per heavy atom. The number of rotatable bonds is 5. The molecule has 1 amide bonds. The zero-order valence-corrected chi connectivity index (χ0v) is 19.3. The van der Waals surface area contributed by atoms with E-state index < -0.39 is 59.3 Å². The van der Waals surface area contributed by atoms with Gasteiger partial charge in [-0.2, -0.15) is 26.3 Å². The van der Waals surface area contributed by atoms with Crippen LogP contribution in [-0.2, 0) is 20.4 Å². The number of halogens is 6. The maximum atomic E-state index is 14.0. The molecule has 0 aliphatic carbocycles. The third-order valence-corrected chi connectivity index (χ3v) is 6.08. The van der Waals surface area contributed by atoms with Crippen molar-refractivity contribution in [2.45, 2.75) is 43.8 Å². The van der Waals surface area contributed by atoms with E-state index in [0.29, 0.717) is 6.07 Å². The maximum Gasteiger partial charge on any atom is 0.433 e. The lowest BCUT2D eigenvalue weighted by molar-refractivity contribution is -0.272. The molecule has 1 aliphatic heterocycles. The summed E-state index contributed by atoms with van der Waals surface area (Å²) in [6.45, 7) is 1.92. The van der Waals surface area contributed by atoms with Gasteiger partial charge in [0, 0.05) is 29.3 Å². The number of carbonyl (C=O) groups excluding carboxylic acids is 2. The molecule has 0 radical (unpaired) electrons. The molecule has 2 aromatic heterocycles. The smallest absolute Gasteiger partial charge is 0.433 e. The maximum absolute atomic E-state index is 14.0. The van der Waals surface area contributed by atoms with Gasteiger partial charge < -0.3 is 19.5 Å². The van der Waals surface area contributed by atoms with Crippen LogP contribution in [0.3, 0.4) is 0 Å². The first-order valence-electron chi connectivity index (χ1n) is 10.4. The number of anilines is 1. The minimum atomic E-state index is -4.93. The summed E-state index contributed by atoms with van der Waals surface area (Å²) in [5.41, 5.74) is -4.50. The number of nitrogens with zero attached hydrogens (tertiary/aromatic N) is 2. The summed E-state index contributed by atoms with van der Waals surface area (Å²) in [7, 11) is 2.12. The van der Waals surface area contributed by atoms with Crippen LogP contribution < -0.4 is 10.1 Å². The number of pyridine rings is 2. The molecular formula is C22H21F6N3O5. The number of hydrogen-bond donors (Lipinski definition) is 1. The largest absolute Gasteiger partial charge is 0.481 e. The Hall–Kier alpha value is -3.42. The van der Waals surface area contributed by atoms with Gasteiger partial charge in [-0.3, -0.25) is 4.79 Å². The van der Waals surface area contributed by atoms with E-state index in [-0.39, 0.29) is 16.9 Å². The highest BCUT2D eigenvalue weighted by Gasteiger charge is 2.66. The van der Waals surface area contributed by atoms with Crippen molar-refractivity contribution < 1.29 is 50.1 Å². The Morgan fingerprint density at radius 3 is 2.33 bits per heavy atom. The lowest BCUT2D eigenvalue weighted by Gasteiger charge is -2.31. The van der Waals surface area contributed by atoms with E-state index >= 15 is 0 Å². The minimum Gasteiger partial charge on any atom is -0.481 e. The van der Waals surface area contributed by atoms with Gasteiger partial charge >= 0.3 is 18.3 Å². The molecule has 0 aromatic carbocycles. The van der Waals surface area contributed by atoms with Crippen molar-refractivity contribution in [3.63, 3.8) is 0 Å². The predicted molar refractivity (Wildman–Crippen MR) is 111 cm³/mol. The van der Waals surface area contributed by atoms with Crippen LogP contribution in [0.1, 0.15) is 41.5 Å². The number of alkyl halides is 6. The van der Waals surface area contributed by atoms with Crippen molar-refractivity contribution in [1.82, 2.24) is 9.97 Å². The number of methoxy groups -OCH3 is 2. The van der Waals surface area contributed by atoms with Gasteiger partial charge in [0.05, 0.1) is 14.2 Å². The van der Waals surface area contributed by atoms with E-state index in [1.54, 1.807) is 0 Å². The van der Waals surface area contributed by atoms with E-state index in [2.05, 4.69) is 20.0 Å². The molecule has 3 heterocycles. The Morgan fingerprint density at radius 1 is 1.11 bits per heavy atom. The number of carbonyl (C=O) groups is 2. The third kappa shape index (κ3) is 4.94. The SMILES string of the molecule is COC(=O)c1cc(NC(=O)[C@@H]2O[C@@](C)(C(F)(F)F)[C@@H](C)[C@H]2c2ccc(C(F)(F)F)nc2OC)ccn1. The summed E-state index contributed by atoms with van der Waals surface area (Å²) < 4.78 is 96.2. The van der Waals surface area contributed by atoms with Gasteiger partial charge in [-0.1, -0.05) is 13.0 Å². The average Bonchev–Trinajstić information content (AvgIpc) is 3.09. The third-order valence-electron chi connectivity index (χ3n) is 6.08. The molecule has 0 bridgehead atoms. The highest BCUT2D eigenvalue weighted by atomic mass is 19.4. The molecule has 196 valence electrons. The van der Waals surface area contributed by atoms with Gasteiger partial charge in [-0.25, -0.2) is 14.8 Å². The second-order valence-electron chi connectivity index (χ2n) is 8.16. The van der Waals surface area contributed by atoms with Crippen molar-refractivity contribution in [2.75, 3.05) is 19.5 Å². The van der Waals surface area contributed by atoms with Crippen molar-refractivity contribution in [3.8, 4) is 5.88 Å². The fraction of sp³-hybridized carbons (Fsp3) is 0.455. The van der Waals surface area contributed by atoms with E-state index in [1.807, 2.05) is 0 Å². The Labute approximate surface area is 201 Å². The second kappa shape index (κ2) is 9.56. The number of aromatic nitrogens is 2. The first-order valence-corrected chi connectivity index (χ1v) is 10.4. The molecule has 1 fully saturated rings. The number of amides is 1.